The molecule has 1 fully saturated rings. The van der Waals surface area contributed by atoms with E-state index in [0.717, 1.165) is 29.3 Å². The predicted molar refractivity (Wildman–Crippen MR) is 93.0 cm³/mol. The van der Waals surface area contributed by atoms with Crippen LogP contribution < -0.4 is 10.9 Å². The first kappa shape index (κ1) is 16.5. The van der Waals surface area contributed by atoms with Gasteiger partial charge in [0.05, 0.1) is 12.7 Å². The van der Waals surface area contributed by atoms with Gasteiger partial charge in [0, 0.05) is 36.6 Å². The van der Waals surface area contributed by atoms with Crippen molar-refractivity contribution in [1.29, 1.82) is 0 Å². The minimum absolute atomic E-state index is 0.108. The number of urea groups is 1. The van der Waals surface area contributed by atoms with Crippen LogP contribution in [0.15, 0.2) is 35.1 Å². The summed E-state index contributed by atoms with van der Waals surface area (Å²) in [7, 11) is 0. The van der Waals surface area contributed by atoms with Gasteiger partial charge < -0.3 is 19.9 Å². The second-order valence-electron chi connectivity index (χ2n) is 6.09. The normalized spacial score (nSPS) is 17.9. The Balaban J connectivity index is 1.67. The summed E-state index contributed by atoms with van der Waals surface area (Å²) in [6.45, 7) is 4.24. The number of para-hydroxylation sites is 1. The van der Waals surface area contributed by atoms with E-state index >= 15 is 0 Å². The highest BCUT2D eigenvalue weighted by atomic mass is 16.5. The van der Waals surface area contributed by atoms with Crippen LogP contribution in [0.25, 0.3) is 10.9 Å². The summed E-state index contributed by atoms with van der Waals surface area (Å²) in [6, 6.07) is 9.04. The SMILES string of the molecule is CCC[C@H]1CN(C(=O)NCc2cc(=O)[nH]c3ccccc23)CCO1. The molecule has 24 heavy (non-hydrogen) atoms. The molecule has 1 aliphatic rings. The van der Waals surface area contributed by atoms with Gasteiger partial charge in [-0.3, -0.25) is 4.79 Å². The largest absolute Gasteiger partial charge is 0.375 e. The number of amides is 2. The van der Waals surface area contributed by atoms with Crippen molar-refractivity contribution in [2.24, 2.45) is 0 Å². The maximum atomic E-state index is 12.4. The Bertz CT molecular complexity index is 769. The number of ether oxygens (including phenoxy) is 1. The Labute approximate surface area is 140 Å². The average Bonchev–Trinajstić information content (AvgIpc) is 2.59. The van der Waals surface area contributed by atoms with Crippen molar-refractivity contribution in [1.82, 2.24) is 15.2 Å². The van der Waals surface area contributed by atoms with Crippen LogP contribution in [-0.2, 0) is 11.3 Å². The number of rotatable bonds is 4. The van der Waals surface area contributed by atoms with E-state index in [0.29, 0.717) is 26.2 Å². The third-order valence-electron chi connectivity index (χ3n) is 4.30. The summed E-state index contributed by atoms with van der Waals surface area (Å²) in [4.78, 5) is 28.8. The maximum absolute atomic E-state index is 12.4. The zero-order valence-corrected chi connectivity index (χ0v) is 13.9. The van der Waals surface area contributed by atoms with E-state index in [1.54, 1.807) is 11.0 Å². The summed E-state index contributed by atoms with van der Waals surface area (Å²) in [6.07, 6.45) is 2.12. The van der Waals surface area contributed by atoms with Gasteiger partial charge in [0.25, 0.3) is 0 Å². The van der Waals surface area contributed by atoms with Crippen molar-refractivity contribution in [2.45, 2.75) is 32.4 Å². The van der Waals surface area contributed by atoms with Crippen molar-refractivity contribution in [2.75, 3.05) is 19.7 Å². The number of aromatic nitrogens is 1. The highest BCUT2D eigenvalue weighted by molar-refractivity contribution is 5.82. The zero-order chi connectivity index (χ0) is 16.9. The fourth-order valence-electron chi connectivity index (χ4n) is 3.11. The van der Waals surface area contributed by atoms with E-state index < -0.39 is 0 Å². The molecule has 1 aromatic heterocycles. The second-order valence-corrected chi connectivity index (χ2v) is 6.09. The minimum Gasteiger partial charge on any atom is -0.375 e. The first-order valence-electron chi connectivity index (χ1n) is 8.42. The number of carbonyl (C=O) groups excluding carboxylic acids is 1. The molecule has 2 heterocycles. The minimum atomic E-state index is -0.160. The Morgan fingerprint density at radius 2 is 2.25 bits per heavy atom. The Hall–Kier alpha value is -2.34. The number of hydrogen-bond donors (Lipinski definition) is 2. The number of carbonyl (C=O) groups is 1. The average molecular weight is 329 g/mol. The Morgan fingerprint density at radius 3 is 3.08 bits per heavy atom. The fraction of sp³-hybridized carbons (Fsp3) is 0.444. The molecule has 1 aromatic carbocycles. The van der Waals surface area contributed by atoms with E-state index in [9.17, 15) is 9.59 Å². The van der Waals surface area contributed by atoms with E-state index in [2.05, 4.69) is 17.2 Å². The molecule has 1 atom stereocenters. The molecule has 0 saturated carbocycles. The van der Waals surface area contributed by atoms with Gasteiger partial charge in [-0.2, -0.15) is 0 Å². The first-order valence-corrected chi connectivity index (χ1v) is 8.42. The van der Waals surface area contributed by atoms with Gasteiger partial charge in [-0.1, -0.05) is 31.5 Å². The Morgan fingerprint density at radius 1 is 1.42 bits per heavy atom. The lowest BCUT2D eigenvalue weighted by molar-refractivity contribution is -0.0181. The maximum Gasteiger partial charge on any atom is 0.317 e. The van der Waals surface area contributed by atoms with Crippen molar-refractivity contribution in [3.05, 3.63) is 46.2 Å². The number of nitrogens with zero attached hydrogens (tertiary/aromatic N) is 1. The molecular weight excluding hydrogens is 306 g/mol. The van der Waals surface area contributed by atoms with Crippen LogP contribution in [0.1, 0.15) is 25.3 Å². The molecule has 0 unspecified atom stereocenters. The van der Waals surface area contributed by atoms with Gasteiger partial charge in [-0.05, 0) is 18.1 Å². The predicted octanol–water partition coefficient (Wildman–Crippen LogP) is 2.24. The first-order chi connectivity index (χ1) is 11.7. The molecule has 0 bridgehead atoms. The number of fused-ring (bicyclic) bond motifs is 1. The van der Waals surface area contributed by atoms with Gasteiger partial charge in [0.1, 0.15) is 0 Å². The Kier molecular flexibility index (Phi) is 5.15. The third kappa shape index (κ3) is 3.76. The molecule has 0 radical (unpaired) electrons. The van der Waals surface area contributed by atoms with Crippen LogP contribution >= 0.6 is 0 Å². The number of pyridine rings is 1. The fourth-order valence-corrected chi connectivity index (χ4v) is 3.11. The van der Waals surface area contributed by atoms with Crippen LogP contribution in [0.3, 0.4) is 0 Å². The number of aromatic amines is 1. The van der Waals surface area contributed by atoms with Crippen LogP contribution in [0, 0.1) is 0 Å². The number of hydrogen-bond acceptors (Lipinski definition) is 3. The number of morpholine rings is 1. The molecule has 1 aliphatic heterocycles. The van der Waals surface area contributed by atoms with Crippen LogP contribution in [-0.4, -0.2) is 41.7 Å². The van der Waals surface area contributed by atoms with Gasteiger partial charge >= 0.3 is 6.03 Å². The van der Waals surface area contributed by atoms with Crippen LogP contribution in [0.5, 0.6) is 0 Å². The summed E-state index contributed by atoms with van der Waals surface area (Å²) in [5.74, 6) is 0. The number of nitrogens with one attached hydrogen (secondary N) is 2. The lowest BCUT2D eigenvalue weighted by Crippen LogP contribution is -2.49. The van der Waals surface area contributed by atoms with Gasteiger partial charge in [0.2, 0.25) is 5.56 Å². The van der Waals surface area contributed by atoms with Crippen molar-refractivity contribution in [3.63, 3.8) is 0 Å². The highest BCUT2D eigenvalue weighted by Crippen LogP contribution is 2.15. The van der Waals surface area contributed by atoms with Crippen molar-refractivity contribution >= 4 is 16.9 Å². The topological polar surface area (TPSA) is 74.4 Å². The van der Waals surface area contributed by atoms with Crippen LogP contribution in [0.2, 0.25) is 0 Å². The summed E-state index contributed by atoms with van der Waals surface area (Å²) >= 11 is 0. The van der Waals surface area contributed by atoms with Gasteiger partial charge in [-0.15, -0.1) is 0 Å². The number of benzene rings is 1. The van der Waals surface area contributed by atoms with E-state index in [4.69, 9.17) is 4.74 Å². The van der Waals surface area contributed by atoms with Crippen molar-refractivity contribution in [3.8, 4) is 0 Å². The molecule has 0 aliphatic carbocycles. The monoisotopic (exact) mass is 329 g/mol. The summed E-state index contributed by atoms with van der Waals surface area (Å²) < 4.78 is 5.67. The lowest BCUT2D eigenvalue weighted by atomic mass is 10.1. The third-order valence-corrected chi connectivity index (χ3v) is 4.30. The van der Waals surface area contributed by atoms with Gasteiger partial charge in [-0.25, -0.2) is 4.79 Å². The zero-order valence-electron chi connectivity index (χ0n) is 13.9. The van der Waals surface area contributed by atoms with Crippen LogP contribution in [0.4, 0.5) is 4.79 Å². The quantitative estimate of drug-likeness (QED) is 0.903. The molecule has 1 saturated heterocycles. The molecule has 2 N–H and O–H groups in total. The standard InChI is InChI=1S/C18H23N3O3/c1-2-5-14-12-21(8-9-24-14)18(23)19-11-13-10-17(22)20-16-7-4-3-6-15(13)16/h3-4,6-7,10,14H,2,5,8-9,11-12H2,1H3,(H,19,23)(H,20,22)/t14-/m0/s1. The van der Waals surface area contributed by atoms with Crippen molar-refractivity contribution < 1.29 is 9.53 Å². The van der Waals surface area contributed by atoms with Gasteiger partial charge in [0.15, 0.2) is 0 Å². The van der Waals surface area contributed by atoms with E-state index in [-0.39, 0.29) is 17.7 Å². The van der Waals surface area contributed by atoms with E-state index in [1.807, 2.05) is 24.3 Å². The summed E-state index contributed by atoms with van der Waals surface area (Å²) in [5.41, 5.74) is 1.44. The van der Waals surface area contributed by atoms with E-state index in [1.165, 1.54) is 0 Å². The molecule has 2 amide bonds. The highest BCUT2D eigenvalue weighted by Gasteiger charge is 2.23. The molecule has 2 aromatic rings. The second kappa shape index (κ2) is 7.49. The molecular formula is C18H23N3O3. The molecule has 6 nitrogen and oxygen atoms in total. The lowest BCUT2D eigenvalue weighted by Gasteiger charge is -2.33. The molecule has 6 heteroatoms. The molecule has 3 rings (SSSR count). The molecule has 128 valence electrons. The molecule has 0 spiro atoms. The summed E-state index contributed by atoms with van der Waals surface area (Å²) in [5, 5.41) is 3.88. The number of H-pyrrole nitrogens is 1. The smallest absolute Gasteiger partial charge is 0.317 e.